The van der Waals surface area contributed by atoms with Crippen molar-refractivity contribution in [3.63, 3.8) is 0 Å². The molecular weight excluding hydrogens is 504 g/mol. The Labute approximate surface area is 235 Å². The molecule has 6 atom stereocenters. The summed E-state index contributed by atoms with van der Waals surface area (Å²) in [6.07, 6.45) is -2.99. The van der Waals surface area contributed by atoms with Crippen LogP contribution < -0.4 is 0 Å². The first kappa shape index (κ1) is 26.8. The van der Waals surface area contributed by atoms with E-state index in [4.69, 9.17) is 28.4 Å². The fourth-order valence-corrected chi connectivity index (χ4v) is 5.11. The van der Waals surface area contributed by atoms with Gasteiger partial charge in [-0.1, -0.05) is 121 Å². The van der Waals surface area contributed by atoms with Gasteiger partial charge in [-0.05, 0) is 16.7 Å². The van der Waals surface area contributed by atoms with Crippen LogP contribution in [0, 0.1) is 0 Å². The molecule has 4 aromatic rings. The van der Waals surface area contributed by atoms with E-state index in [2.05, 4.69) is 12.1 Å². The maximum absolute atomic E-state index is 6.64. The van der Waals surface area contributed by atoms with Crippen molar-refractivity contribution in [3.8, 4) is 0 Å². The van der Waals surface area contributed by atoms with Crippen molar-refractivity contribution in [2.24, 2.45) is 0 Å². The van der Waals surface area contributed by atoms with Gasteiger partial charge < -0.3 is 28.4 Å². The number of fused-ring (bicyclic) bond motifs is 1. The van der Waals surface area contributed by atoms with Crippen molar-refractivity contribution in [2.75, 3.05) is 6.61 Å². The van der Waals surface area contributed by atoms with E-state index in [1.165, 1.54) is 0 Å². The van der Waals surface area contributed by atoms with E-state index in [9.17, 15) is 0 Å². The zero-order chi connectivity index (χ0) is 27.0. The lowest BCUT2D eigenvalue weighted by Crippen LogP contribution is -2.63. The van der Waals surface area contributed by atoms with Gasteiger partial charge in [-0.3, -0.25) is 0 Å². The molecule has 0 bridgehead atoms. The lowest BCUT2D eigenvalue weighted by Gasteiger charge is -2.49. The quantitative estimate of drug-likeness (QED) is 0.239. The highest BCUT2D eigenvalue weighted by atomic mass is 16.8. The first-order valence-electron chi connectivity index (χ1n) is 13.8. The molecular formula is C34H34O6. The predicted octanol–water partition coefficient (Wildman–Crippen LogP) is 6.21. The fourth-order valence-electron chi connectivity index (χ4n) is 5.11. The van der Waals surface area contributed by atoms with Crippen molar-refractivity contribution < 1.29 is 28.4 Å². The smallest absolute Gasteiger partial charge is 0.187 e. The molecule has 0 spiro atoms. The maximum atomic E-state index is 6.64. The Kier molecular flexibility index (Phi) is 8.95. The minimum absolute atomic E-state index is 0.353. The lowest BCUT2D eigenvalue weighted by atomic mass is 9.97. The van der Waals surface area contributed by atoms with Crippen molar-refractivity contribution in [2.45, 2.75) is 56.8 Å². The Morgan fingerprint density at radius 2 is 1.00 bits per heavy atom. The number of benzene rings is 4. The van der Waals surface area contributed by atoms with E-state index >= 15 is 0 Å². The van der Waals surface area contributed by atoms with Gasteiger partial charge in [0.05, 0.1) is 26.4 Å². The second-order valence-corrected chi connectivity index (χ2v) is 10.0. The molecule has 2 saturated heterocycles. The molecule has 0 aromatic heterocycles. The van der Waals surface area contributed by atoms with E-state index in [0.717, 1.165) is 22.3 Å². The van der Waals surface area contributed by atoms with Crippen LogP contribution in [0.25, 0.3) is 0 Å². The summed E-state index contributed by atoms with van der Waals surface area (Å²) in [5, 5.41) is 0. The van der Waals surface area contributed by atoms with E-state index in [-0.39, 0.29) is 6.10 Å². The third-order valence-electron chi connectivity index (χ3n) is 7.18. The third-order valence-corrected chi connectivity index (χ3v) is 7.18. The molecule has 6 nitrogen and oxygen atoms in total. The van der Waals surface area contributed by atoms with E-state index in [0.29, 0.717) is 26.4 Å². The second-order valence-electron chi connectivity index (χ2n) is 10.0. The molecule has 4 aromatic carbocycles. The highest BCUT2D eigenvalue weighted by molar-refractivity contribution is 5.18. The van der Waals surface area contributed by atoms with Gasteiger partial charge in [-0.15, -0.1) is 0 Å². The monoisotopic (exact) mass is 538 g/mol. The van der Waals surface area contributed by atoms with E-state index in [1.54, 1.807) is 0 Å². The highest BCUT2D eigenvalue weighted by Gasteiger charge is 2.51. The molecule has 2 fully saturated rings. The zero-order valence-electron chi connectivity index (χ0n) is 22.3. The summed E-state index contributed by atoms with van der Waals surface area (Å²) in [5.41, 5.74) is 4.13. The summed E-state index contributed by atoms with van der Waals surface area (Å²) in [4.78, 5) is 0. The molecule has 2 aliphatic rings. The largest absolute Gasteiger partial charge is 0.368 e. The van der Waals surface area contributed by atoms with Gasteiger partial charge in [0, 0.05) is 5.56 Å². The summed E-state index contributed by atoms with van der Waals surface area (Å²) in [7, 11) is 0. The molecule has 40 heavy (non-hydrogen) atoms. The molecule has 6 rings (SSSR count). The van der Waals surface area contributed by atoms with Gasteiger partial charge in [0.15, 0.2) is 12.6 Å². The summed E-state index contributed by atoms with van der Waals surface area (Å²) in [6.45, 7) is 1.53. The van der Waals surface area contributed by atoms with Crippen molar-refractivity contribution in [1.29, 1.82) is 0 Å². The van der Waals surface area contributed by atoms with Crippen LogP contribution in [0.15, 0.2) is 121 Å². The third kappa shape index (κ3) is 6.67. The first-order chi connectivity index (χ1) is 19.8. The topological polar surface area (TPSA) is 55.4 Å². The Morgan fingerprint density at radius 3 is 1.55 bits per heavy atom. The predicted molar refractivity (Wildman–Crippen MR) is 150 cm³/mol. The molecule has 2 aliphatic heterocycles. The van der Waals surface area contributed by atoms with E-state index < -0.39 is 30.9 Å². The highest BCUT2D eigenvalue weighted by Crippen LogP contribution is 2.37. The van der Waals surface area contributed by atoms with Crippen LogP contribution in [0.2, 0.25) is 0 Å². The Hall–Kier alpha value is -3.36. The van der Waals surface area contributed by atoms with Crippen LogP contribution in [0.3, 0.4) is 0 Å². The van der Waals surface area contributed by atoms with Crippen LogP contribution in [-0.4, -0.2) is 37.3 Å². The molecule has 0 radical (unpaired) electrons. The van der Waals surface area contributed by atoms with Crippen LogP contribution in [0.1, 0.15) is 28.5 Å². The molecule has 0 aliphatic carbocycles. The average Bonchev–Trinajstić information content (AvgIpc) is 3.03. The number of rotatable bonds is 10. The lowest BCUT2D eigenvalue weighted by molar-refractivity contribution is -0.374. The molecule has 2 heterocycles. The fraction of sp³-hybridized carbons (Fsp3) is 0.294. The van der Waals surface area contributed by atoms with E-state index in [1.807, 2.05) is 109 Å². The van der Waals surface area contributed by atoms with Gasteiger partial charge in [0.1, 0.15) is 24.4 Å². The summed E-state index contributed by atoms with van der Waals surface area (Å²) >= 11 is 0. The van der Waals surface area contributed by atoms with Gasteiger partial charge in [0.25, 0.3) is 0 Å². The second kappa shape index (κ2) is 13.3. The van der Waals surface area contributed by atoms with Gasteiger partial charge in [0.2, 0.25) is 0 Å². The summed E-state index contributed by atoms with van der Waals surface area (Å²) in [6, 6.07) is 40.2. The number of ether oxygens (including phenoxy) is 6. The van der Waals surface area contributed by atoms with Crippen LogP contribution in [0.4, 0.5) is 0 Å². The van der Waals surface area contributed by atoms with Crippen LogP contribution >= 0.6 is 0 Å². The molecule has 0 N–H and O–H groups in total. The Morgan fingerprint density at radius 1 is 0.525 bits per heavy atom. The summed E-state index contributed by atoms with van der Waals surface area (Å²) < 4.78 is 38.8. The van der Waals surface area contributed by atoms with Crippen molar-refractivity contribution >= 4 is 0 Å². The van der Waals surface area contributed by atoms with Gasteiger partial charge in [-0.2, -0.15) is 0 Å². The summed E-state index contributed by atoms with van der Waals surface area (Å²) in [5.74, 6) is 0. The molecule has 0 saturated carbocycles. The zero-order valence-corrected chi connectivity index (χ0v) is 22.3. The SMILES string of the molecule is c1ccc(CO[C@H]2O[C@@H]3COC(c4ccccc4)O[C@H]3[C@H](OCc3ccccc3)[C@@H]2OCc2ccccc2)cc1. The van der Waals surface area contributed by atoms with Gasteiger partial charge >= 0.3 is 0 Å². The average molecular weight is 539 g/mol. The number of hydrogen-bond acceptors (Lipinski definition) is 6. The van der Waals surface area contributed by atoms with Gasteiger partial charge in [-0.25, -0.2) is 0 Å². The number of hydrogen-bond donors (Lipinski definition) is 0. The Bertz CT molecular complexity index is 1290. The first-order valence-corrected chi connectivity index (χ1v) is 13.8. The van der Waals surface area contributed by atoms with Crippen molar-refractivity contribution in [3.05, 3.63) is 144 Å². The minimum atomic E-state index is -0.675. The van der Waals surface area contributed by atoms with Crippen LogP contribution in [-0.2, 0) is 48.2 Å². The maximum Gasteiger partial charge on any atom is 0.187 e. The molecule has 0 amide bonds. The Balaban J connectivity index is 1.27. The van der Waals surface area contributed by atoms with Crippen LogP contribution in [0.5, 0.6) is 0 Å². The molecule has 206 valence electrons. The normalized spacial score (nSPS) is 26.2. The molecule has 6 heteroatoms. The standard InChI is InChI=1S/C34H34O6/c1-5-13-25(14-6-1)21-35-31-30-29(24-38-33(40-30)28-19-11-4-12-20-28)39-34(37-23-27-17-9-3-10-18-27)32(31)36-22-26-15-7-2-8-16-26/h1-20,29-34H,21-24H2/t29-,30-,31+,32+,33?,34+/m1/s1. The minimum Gasteiger partial charge on any atom is -0.368 e. The molecule has 1 unspecified atom stereocenters. The van der Waals surface area contributed by atoms with Crippen molar-refractivity contribution in [1.82, 2.24) is 0 Å².